The standard InChI is InChI=1S/C22H18N4O4/c27-21(17-11-5-2-6-12-17)24-20(16-9-3-1-4-10-16)22(28)25-23-15-18-13-7-8-14-19(18)26(29)30/h1-15,20H,(H,24,27)(H,25,28)/b23-15+. The molecular formula is C22H18N4O4. The maximum absolute atomic E-state index is 12.7. The van der Waals surface area contributed by atoms with E-state index < -0.39 is 22.8 Å². The van der Waals surface area contributed by atoms with Crippen LogP contribution >= 0.6 is 0 Å². The van der Waals surface area contributed by atoms with Crippen LogP contribution in [0.4, 0.5) is 5.69 Å². The van der Waals surface area contributed by atoms with E-state index in [9.17, 15) is 19.7 Å². The Bertz CT molecular complexity index is 1070. The zero-order valence-corrected chi connectivity index (χ0v) is 15.8. The van der Waals surface area contributed by atoms with Crippen LogP contribution in [0.2, 0.25) is 0 Å². The minimum Gasteiger partial charge on any atom is -0.336 e. The van der Waals surface area contributed by atoms with Crippen molar-refractivity contribution in [2.45, 2.75) is 6.04 Å². The average molecular weight is 402 g/mol. The van der Waals surface area contributed by atoms with Gasteiger partial charge in [-0.15, -0.1) is 0 Å². The third-order valence-corrected chi connectivity index (χ3v) is 4.22. The van der Waals surface area contributed by atoms with Gasteiger partial charge in [-0.05, 0) is 23.8 Å². The number of benzene rings is 3. The van der Waals surface area contributed by atoms with Crippen molar-refractivity contribution >= 4 is 23.7 Å². The number of rotatable bonds is 7. The molecule has 0 heterocycles. The molecule has 3 rings (SSSR count). The highest BCUT2D eigenvalue weighted by molar-refractivity contribution is 5.98. The van der Waals surface area contributed by atoms with Crippen LogP contribution < -0.4 is 10.7 Å². The monoisotopic (exact) mass is 402 g/mol. The van der Waals surface area contributed by atoms with Crippen LogP contribution in [0, 0.1) is 10.1 Å². The summed E-state index contributed by atoms with van der Waals surface area (Å²) in [4.78, 5) is 35.8. The molecule has 0 aliphatic rings. The lowest BCUT2D eigenvalue weighted by molar-refractivity contribution is -0.385. The van der Waals surface area contributed by atoms with Gasteiger partial charge in [-0.25, -0.2) is 5.43 Å². The number of nitrogens with one attached hydrogen (secondary N) is 2. The van der Waals surface area contributed by atoms with Crippen molar-refractivity contribution in [3.8, 4) is 0 Å². The Morgan fingerprint density at radius 3 is 2.17 bits per heavy atom. The fourth-order valence-electron chi connectivity index (χ4n) is 2.74. The van der Waals surface area contributed by atoms with Gasteiger partial charge < -0.3 is 5.32 Å². The van der Waals surface area contributed by atoms with Crippen LogP contribution in [0.15, 0.2) is 90.0 Å². The van der Waals surface area contributed by atoms with Gasteiger partial charge in [-0.1, -0.05) is 60.7 Å². The normalized spacial score (nSPS) is 11.6. The summed E-state index contributed by atoms with van der Waals surface area (Å²) in [5.41, 5.74) is 3.44. The van der Waals surface area contributed by atoms with Crippen molar-refractivity contribution < 1.29 is 14.5 Å². The quantitative estimate of drug-likeness (QED) is 0.359. The van der Waals surface area contributed by atoms with Crippen LogP contribution in [-0.4, -0.2) is 23.0 Å². The molecule has 1 unspecified atom stereocenters. The van der Waals surface area contributed by atoms with E-state index in [0.29, 0.717) is 11.1 Å². The van der Waals surface area contributed by atoms with E-state index in [2.05, 4.69) is 15.8 Å². The molecule has 3 aromatic carbocycles. The fourth-order valence-corrected chi connectivity index (χ4v) is 2.74. The summed E-state index contributed by atoms with van der Waals surface area (Å²) >= 11 is 0. The van der Waals surface area contributed by atoms with Gasteiger partial charge in [0.15, 0.2) is 0 Å². The minimum absolute atomic E-state index is 0.132. The summed E-state index contributed by atoms with van der Waals surface area (Å²) in [7, 11) is 0. The molecule has 0 bridgehead atoms. The van der Waals surface area contributed by atoms with Crippen molar-refractivity contribution in [2.24, 2.45) is 5.10 Å². The number of carbonyl (C=O) groups is 2. The van der Waals surface area contributed by atoms with E-state index in [-0.39, 0.29) is 11.3 Å². The van der Waals surface area contributed by atoms with Crippen molar-refractivity contribution in [1.29, 1.82) is 0 Å². The number of hydrogen-bond acceptors (Lipinski definition) is 5. The molecule has 3 aromatic rings. The lowest BCUT2D eigenvalue weighted by Gasteiger charge is -2.17. The highest BCUT2D eigenvalue weighted by Crippen LogP contribution is 2.16. The van der Waals surface area contributed by atoms with Crippen LogP contribution in [0.5, 0.6) is 0 Å². The lowest BCUT2D eigenvalue weighted by Crippen LogP contribution is -2.38. The Kier molecular flexibility index (Phi) is 6.63. The van der Waals surface area contributed by atoms with Crippen molar-refractivity contribution in [1.82, 2.24) is 10.7 Å². The molecule has 0 spiro atoms. The minimum atomic E-state index is -0.998. The summed E-state index contributed by atoms with van der Waals surface area (Å²) in [6.07, 6.45) is 1.19. The average Bonchev–Trinajstić information content (AvgIpc) is 2.78. The van der Waals surface area contributed by atoms with Gasteiger partial charge in [-0.3, -0.25) is 19.7 Å². The number of hydrazone groups is 1. The van der Waals surface area contributed by atoms with Crippen molar-refractivity contribution in [2.75, 3.05) is 0 Å². The second kappa shape index (κ2) is 9.74. The number of para-hydroxylation sites is 1. The maximum Gasteiger partial charge on any atom is 0.278 e. The molecule has 0 aromatic heterocycles. The van der Waals surface area contributed by atoms with E-state index >= 15 is 0 Å². The van der Waals surface area contributed by atoms with E-state index in [1.807, 2.05) is 0 Å². The first-order chi connectivity index (χ1) is 14.6. The Morgan fingerprint density at radius 1 is 0.900 bits per heavy atom. The first-order valence-corrected chi connectivity index (χ1v) is 9.03. The summed E-state index contributed by atoms with van der Waals surface area (Å²) in [6, 6.07) is 22.3. The van der Waals surface area contributed by atoms with E-state index in [1.54, 1.807) is 72.8 Å². The predicted molar refractivity (Wildman–Crippen MR) is 112 cm³/mol. The third-order valence-electron chi connectivity index (χ3n) is 4.22. The van der Waals surface area contributed by atoms with Gasteiger partial charge in [0.25, 0.3) is 17.5 Å². The zero-order chi connectivity index (χ0) is 21.3. The van der Waals surface area contributed by atoms with Gasteiger partial charge in [0.1, 0.15) is 6.04 Å². The molecule has 2 N–H and O–H groups in total. The maximum atomic E-state index is 12.7. The molecule has 0 saturated heterocycles. The highest BCUT2D eigenvalue weighted by atomic mass is 16.6. The molecule has 0 aliphatic heterocycles. The number of nitrogens with zero attached hydrogens (tertiary/aromatic N) is 2. The zero-order valence-electron chi connectivity index (χ0n) is 15.8. The van der Waals surface area contributed by atoms with Gasteiger partial charge in [-0.2, -0.15) is 5.10 Å². The molecule has 150 valence electrons. The number of carbonyl (C=O) groups excluding carboxylic acids is 2. The molecule has 1 atom stereocenters. The van der Waals surface area contributed by atoms with E-state index in [0.717, 1.165) is 0 Å². The molecule has 8 heteroatoms. The Morgan fingerprint density at radius 2 is 1.50 bits per heavy atom. The molecule has 0 radical (unpaired) electrons. The van der Waals surface area contributed by atoms with Crippen LogP contribution in [0.1, 0.15) is 27.5 Å². The summed E-state index contributed by atoms with van der Waals surface area (Å²) in [5.74, 6) is -0.998. The Hall–Kier alpha value is -4.33. The van der Waals surface area contributed by atoms with Crippen LogP contribution in [0.3, 0.4) is 0 Å². The molecule has 8 nitrogen and oxygen atoms in total. The Balaban J connectivity index is 1.78. The fraction of sp³-hybridized carbons (Fsp3) is 0.0455. The Labute approximate surface area is 172 Å². The number of nitro benzene ring substituents is 1. The second-order valence-electron chi connectivity index (χ2n) is 6.23. The van der Waals surface area contributed by atoms with Crippen molar-refractivity contribution in [3.63, 3.8) is 0 Å². The van der Waals surface area contributed by atoms with Gasteiger partial charge in [0.2, 0.25) is 0 Å². The van der Waals surface area contributed by atoms with Crippen LogP contribution in [-0.2, 0) is 4.79 Å². The van der Waals surface area contributed by atoms with E-state index in [4.69, 9.17) is 0 Å². The number of hydrogen-bond donors (Lipinski definition) is 2. The summed E-state index contributed by atoms with van der Waals surface area (Å²) < 4.78 is 0. The number of amides is 2. The largest absolute Gasteiger partial charge is 0.336 e. The topological polar surface area (TPSA) is 114 Å². The molecule has 2 amide bonds. The predicted octanol–water partition coefficient (Wildman–Crippen LogP) is 3.22. The highest BCUT2D eigenvalue weighted by Gasteiger charge is 2.23. The molecule has 30 heavy (non-hydrogen) atoms. The van der Waals surface area contributed by atoms with Crippen LogP contribution in [0.25, 0.3) is 0 Å². The first-order valence-electron chi connectivity index (χ1n) is 9.03. The second-order valence-corrected chi connectivity index (χ2v) is 6.23. The van der Waals surface area contributed by atoms with E-state index in [1.165, 1.54) is 18.3 Å². The van der Waals surface area contributed by atoms with Crippen molar-refractivity contribution in [3.05, 3.63) is 112 Å². The van der Waals surface area contributed by atoms with Gasteiger partial charge >= 0.3 is 0 Å². The molecule has 0 aliphatic carbocycles. The van der Waals surface area contributed by atoms with Gasteiger partial charge in [0.05, 0.1) is 16.7 Å². The number of nitro groups is 1. The first kappa shape index (κ1) is 20.4. The molecule has 0 saturated carbocycles. The molecule has 0 fully saturated rings. The summed E-state index contributed by atoms with van der Waals surface area (Å²) in [5, 5.41) is 17.6. The summed E-state index contributed by atoms with van der Waals surface area (Å²) in [6.45, 7) is 0. The molecular weight excluding hydrogens is 384 g/mol. The van der Waals surface area contributed by atoms with Gasteiger partial charge in [0, 0.05) is 11.6 Å². The smallest absolute Gasteiger partial charge is 0.278 e. The SMILES string of the molecule is O=C(NC(C(=O)N/N=C/c1ccccc1[N+](=O)[O-])c1ccccc1)c1ccccc1. The third kappa shape index (κ3) is 5.14. The lowest BCUT2D eigenvalue weighted by atomic mass is 10.1.